The lowest BCUT2D eigenvalue weighted by molar-refractivity contribution is -0.152. The summed E-state index contributed by atoms with van der Waals surface area (Å²) in [5.41, 5.74) is 1.26. The predicted octanol–water partition coefficient (Wildman–Crippen LogP) is 1.14. The normalized spacial score (nSPS) is 19.0. The number of carbonyl (C=O) groups excluding carboxylic acids is 2. The van der Waals surface area contributed by atoms with Crippen LogP contribution in [-0.4, -0.2) is 69.9 Å². The molecule has 1 amide bonds. The van der Waals surface area contributed by atoms with Crippen molar-refractivity contribution < 1.29 is 27.1 Å². The van der Waals surface area contributed by atoms with E-state index in [0.717, 1.165) is 5.69 Å². The number of carbonyl (C=O) groups is 2. The fraction of sp³-hybridized carbons (Fsp3) is 0.318. The quantitative estimate of drug-likeness (QED) is 0.652. The molecule has 0 bridgehead atoms. The summed E-state index contributed by atoms with van der Waals surface area (Å²) < 4.78 is 44.9. The number of rotatable bonds is 5. The molecule has 0 unspecified atom stereocenters. The second-order valence-corrected chi connectivity index (χ2v) is 9.36. The number of hydrogen-bond acceptors (Lipinski definition) is 7. The Hall–Kier alpha value is -3.47. The van der Waals surface area contributed by atoms with Gasteiger partial charge in [0, 0.05) is 37.4 Å². The Kier molecular flexibility index (Phi) is 6.32. The van der Waals surface area contributed by atoms with Gasteiger partial charge in [0.25, 0.3) is 15.9 Å². The summed E-state index contributed by atoms with van der Waals surface area (Å²) in [6.45, 7) is 3.10. The van der Waals surface area contributed by atoms with Crippen LogP contribution in [0.25, 0.3) is 0 Å². The first-order valence-electron chi connectivity index (χ1n) is 10.4. The molecule has 9 nitrogen and oxygen atoms in total. The zero-order valence-corrected chi connectivity index (χ0v) is 18.7. The number of nitrogens with zero attached hydrogens (tertiary/aromatic N) is 3. The molecule has 0 spiro atoms. The molecule has 0 radical (unpaired) electrons. The van der Waals surface area contributed by atoms with Gasteiger partial charge in [0.2, 0.25) is 0 Å². The lowest BCUT2D eigenvalue weighted by atomic mass is 10.2. The number of amides is 1. The molecule has 1 saturated heterocycles. The Bertz CT molecular complexity index is 1190. The van der Waals surface area contributed by atoms with Gasteiger partial charge in [-0.05, 0) is 43.3 Å². The average Bonchev–Trinajstić information content (AvgIpc) is 3.07. The van der Waals surface area contributed by atoms with Crippen LogP contribution in [-0.2, 0) is 24.3 Å². The van der Waals surface area contributed by atoms with E-state index in [1.807, 2.05) is 4.90 Å². The van der Waals surface area contributed by atoms with Gasteiger partial charge in [0.15, 0.2) is 6.61 Å². The SMILES string of the molecule is C[C@H](N=C1NS(=O)(=O)c2ccccc21)C(=O)OCC(=O)N1CCN(c2ccc(F)cc2)CC1. The number of nitrogens with one attached hydrogen (secondary N) is 1. The minimum atomic E-state index is -3.71. The molecular formula is C22H23FN4O5S. The number of aliphatic imine (C=N–C) groups is 1. The molecule has 4 rings (SSSR count). The second-order valence-electron chi connectivity index (χ2n) is 7.71. The summed E-state index contributed by atoms with van der Waals surface area (Å²) in [6.07, 6.45) is 0. The molecule has 11 heteroatoms. The highest BCUT2D eigenvalue weighted by Crippen LogP contribution is 2.22. The standard InChI is InChI=1S/C22H23FN4O5S/c1-15(24-21-18-4-2-3-5-19(18)33(30,31)25-21)22(29)32-14-20(28)27-12-10-26(11-13-27)17-8-6-16(23)7-9-17/h2-9,15H,10-14H2,1H3,(H,24,25)/t15-/m0/s1. The smallest absolute Gasteiger partial charge is 0.331 e. The minimum Gasteiger partial charge on any atom is -0.454 e. The first kappa shape index (κ1) is 22.7. The topological polar surface area (TPSA) is 108 Å². The molecule has 1 atom stereocenters. The van der Waals surface area contributed by atoms with E-state index in [4.69, 9.17) is 4.74 Å². The number of hydrogen-bond donors (Lipinski definition) is 1. The highest BCUT2D eigenvalue weighted by atomic mass is 32.2. The lowest BCUT2D eigenvalue weighted by Gasteiger charge is -2.36. The number of halogens is 1. The van der Waals surface area contributed by atoms with Crippen LogP contribution in [0.3, 0.4) is 0 Å². The van der Waals surface area contributed by atoms with Gasteiger partial charge >= 0.3 is 5.97 Å². The van der Waals surface area contributed by atoms with Crippen molar-refractivity contribution in [2.75, 3.05) is 37.7 Å². The van der Waals surface area contributed by atoms with Crippen LogP contribution in [0, 0.1) is 5.82 Å². The van der Waals surface area contributed by atoms with Crippen molar-refractivity contribution in [2.45, 2.75) is 17.9 Å². The molecule has 33 heavy (non-hydrogen) atoms. The molecule has 0 aromatic heterocycles. The molecule has 1 fully saturated rings. The van der Waals surface area contributed by atoms with E-state index < -0.39 is 28.6 Å². The van der Waals surface area contributed by atoms with Crippen molar-refractivity contribution in [1.29, 1.82) is 0 Å². The van der Waals surface area contributed by atoms with Gasteiger partial charge in [-0.2, -0.15) is 0 Å². The number of sulfonamides is 1. The molecular weight excluding hydrogens is 451 g/mol. The minimum absolute atomic E-state index is 0.0679. The van der Waals surface area contributed by atoms with Crippen molar-refractivity contribution in [3.05, 3.63) is 59.9 Å². The predicted molar refractivity (Wildman–Crippen MR) is 119 cm³/mol. The summed E-state index contributed by atoms with van der Waals surface area (Å²) in [5, 5.41) is 0. The van der Waals surface area contributed by atoms with Crippen LogP contribution in [0.2, 0.25) is 0 Å². The first-order chi connectivity index (χ1) is 15.7. The van der Waals surface area contributed by atoms with Crippen molar-refractivity contribution in [3.63, 3.8) is 0 Å². The summed E-state index contributed by atoms with van der Waals surface area (Å²) in [4.78, 5) is 32.7. The summed E-state index contributed by atoms with van der Waals surface area (Å²) in [7, 11) is -3.71. The molecule has 2 aliphatic heterocycles. The first-order valence-corrected chi connectivity index (χ1v) is 11.9. The van der Waals surface area contributed by atoms with Crippen LogP contribution in [0.15, 0.2) is 58.4 Å². The monoisotopic (exact) mass is 474 g/mol. The maximum absolute atomic E-state index is 13.1. The van der Waals surface area contributed by atoms with Crippen LogP contribution >= 0.6 is 0 Å². The lowest BCUT2D eigenvalue weighted by Crippen LogP contribution is -2.50. The molecule has 2 heterocycles. The maximum atomic E-state index is 13.1. The fourth-order valence-electron chi connectivity index (χ4n) is 3.69. The van der Waals surface area contributed by atoms with Gasteiger partial charge in [-0.1, -0.05) is 12.1 Å². The van der Waals surface area contributed by atoms with Gasteiger partial charge in [0.1, 0.15) is 17.7 Å². The Morgan fingerprint density at radius 2 is 1.76 bits per heavy atom. The second kappa shape index (κ2) is 9.18. The summed E-state index contributed by atoms with van der Waals surface area (Å²) in [6, 6.07) is 11.5. The molecule has 174 valence electrons. The summed E-state index contributed by atoms with van der Waals surface area (Å²) in [5.74, 6) is -1.29. The van der Waals surface area contributed by atoms with Gasteiger partial charge in [0.05, 0.1) is 4.90 Å². The molecule has 2 aromatic rings. The van der Waals surface area contributed by atoms with Crippen molar-refractivity contribution in [1.82, 2.24) is 9.62 Å². The zero-order valence-electron chi connectivity index (χ0n) is 17.9. The number of amidine groups is 1. The molecule has 2 aromatic carbocycles. The average molecular weight is 475 g/mol. The Morgan fingerprint density at radius 1 is 1.09 bits per heavy atom. The number of benzene rings is 2. The maximum Gasteiger partial charge on any atom is 0.331 e. The van der Waals surface area contributed by atoms with Crippen LogP contribution in [0.5, 0.6) is 0 Å². The van der Waals surface area contributed by atoms with E-state index in [-0.39, 0.29) is 22.5 Å². The van der Waals surface area contributed by atoms with Crippen LogP contribution < -0.4 is 9.62 Å². The number of fused-ring (bicyclic) bond motifs is 1. The molecule has 2 aliphatic rings. The fourth-order valence-corrected chi connectivity index (χ4v) is 4.93. The van der Waals surface area contributed by atoms with E-state index in [9.17, 15) is 22.4 Å². The van der Waals surface area contributed by atoms with E-state index in [0.29, 0.717) is 31.7 Å². The molecule has 0 saturated carbocycles. The van der Waals surface area contributed by atoms with E-state index in [2.05, 4.69) is 9.71 Å². The number of esters is 1. The summed E-state index contributed by atoms with van der Waals surface area (Å²) >= 11 is 0. The number of ether oxygens (including phenoxy) is 1. The van der Waals surface area contributed by atoms with Gasteiger partial charge in [-0.3, -0.25) is 14.5 Å². The Labute approximate surface area is 190 Å². The van der Waals surface area contributed by atoms with Crippen molar-refractivity contribution >= 4 is 33.4 Å². The van der Waals surface area contributed by atoms with E-state index in [1.165, 1.54) is 25.1 Å². The molecule has 1 N–H and O–H groups in total. The van der Waals surface area contributed by atoms with Gasteiger partial charge < -0.3 is 14.5 Å². The van der Waals surface area contributed by atoms with Crippen molar-refractivity contribution in [3.8, 4) is 0 Å². The van der Waals surface area contributed by atoms with Gasteiger partial charge in [-0.15, -0.1) is 0 Å². The Morgan fingerprint density at radius 3 is 2.45 bits per heavy atom. The zero-order chi connectivity index (χ0) is 23.6. The third kappa shape index (κ3) is 4.98. The molecule has 0 aliphatic carbocycles. The highest BCUT2D eigenvalue weighted by Gasteiger charge is 2.31. The van der Waals surface area contributed by atoms with Crippen LogP contribution in [0.4, 0.5) is 10.1 Å². The number of piperazine rings is 1. The van der Waals surface area contributed by atoms with Crippen molar-refractivity contribution in [2.24, 2.45) is 4.99 Å². The largest absolute Gasteiger partial charge is 0.454 e. The Balaban J connectivity index is 1.29. The third-order valence-corrected chi connectivity index (χ3v) is 6.89. The van der Waals surface area contributed by atoms with E-state index >= 15 is 0 Å². The van der Waals surface area contributed by atoms with E-state index in [1.54, 1.807) is 35.2 Å². The third-order valence-electron chi connectivity index (χ3n) is 5.49. The highest BCUT2D eigenvalue weighted by molar-refractivity contribution is 7.90. The number of anilines is 1. The van der Waals surface area contributed by atoms with Gasteiger partial charge in [-0.25, -0.2) is 17.6 Å². The van der Waals surface area contributed by atoms with Crippen LogP contribution in [0.1, 0.15) is 12.5 Å².